The minimum Gasteiger partial charge on any atom is -0.370 e. The maximum Gasteiger partial charge on any atom is 0.161 e. The summed E-state index contributed by atoms with van der Waals surface area (Å²) in [6.07, 6.45) is 17.4. The lowest BCUT2D eigenvalue weighted by atomic mass is 10.0. The first-order chi connectivity index (χ1) is 9.34. The van der Waals surface area contributed by atoms with Crippen molar-refractivity contribution in [1.29, 1.82) is 0 Å². The van der Waals surface area contributed by atoms with E-state index in [-0.39, 0.29) is 11.9 Å². The molecule has 2 heteroatoms. The SMILES string of the molecule is CCCCCOC1CC/C=C\CC/C=C\CCC1=O. The Morgan fingerprint density at radius 2 is 1.74 bits per heavy atom. The van der Waals surface area contributed by atoms with E-state index in [0.717, 1.165) is 45.1 Å². The van der Waals surface area contributed by atoms with Gasteiger partial charge in [-0.25, -0.2) is 0 Å². The average molecular weight is 264 g/mol. The van der Waals surface area contributed by atoms with E-state index < -0.39 is 0 Å². The number of carbonyl (C=O) groups is 1. The molecular formula is C17H28O2. The molecule has 1 aliphatic rings. The molecule has 0 radical (unpaired) electrons. The van der Waals surface area contributed by atoms with Gasteiger partial charge in [-0.15, -0.1) is 0 Å². The van der Waals surface area contributed by atoms with Crippen LogP contribution in [0.5, 0.6) is 0 Å². The Morgan fingerprint density at radius 1 is 1.05 bits per heavy atom. The Bertz CT molecular complexity index is 292. The first-order valence-electron chi connectivity index (χ1n) is 7.79. The summed E-state index contributed by atoms with van der Waals surface area (Å²) in [6.45, 7) is 2.90. The monoisotopic (exact) mass is 264 g/mol. The van der Waals surface area contributed by atoms with Crippen molar-refractivity contribution < 1.29 is 9.53 Å². The van der Waals surface area contributed by atoms with Crippen LogP contribution < -0.4 is 0 Å². The van der Waals surface area contributed by atoms with Gasteiger partial charge in [0.25, 0.3) is 0 Å². The predicted octanol–water partition coefficient (Wildman–Crippen LogP) is 4.60. The van der Waals surface area contributed by atoms with Crippen LogP contribution in [0.15, 0.2) is 24.3 Å². The second-order valence-corrected chi connectivity index (χ2v) is 5.17. The van der Waals surface area contributed by atoms with Crippen LogP contribution in [0.1, 0.15) is 64.7 Å². The molecule has 108 valence electrons. The van der Waals surface area contributed by atoms with E-state index in [4.69, 9.17) is 4.74 Å². The number of ether oxygens (including phenoxy) is 1. The molecule has 1 atom stereocenters. The first-order valence-corrected chi connectivity index (χ1v) is 7.79. The average Bonchev–Trinajstić information content (AvgIpc) is 2.41. The lowest BCUT2D eigenvalue weighted by Gasteiger charge is -2.16. The minimum absolute atomic E-state index is 0.186. The molecule has 1 unspecified atom stereocenters. The van der Waals surface area contributed by atoms with Crippen molar-refractivity contribution in [2.75, 3.05) is 6.61 Å². The number of hydrogen-bond donors (Lipinski definition) is 0. The number of Topliss-reactive ketones (excluding diaryl/α,β-unsaturated/α-hetero) is 1. The third-order valence-electron chi connectivity index (χ3n) is 3.41. The zero-order valence-corrected chi connectivity index (χ0v) is 12.3. The van der Waals surface area contributed by atoms with Gasteiger partial charge in [0, 0.05) is 13.0 Å². The van der Waals surface area contributed by atoms with Crippen LogP contribution >= 0.6 is 0 Å². The van der Waals surface area contributed by atoms with Crippen molar-refractivity contribution in [3.63, 3.8) is 0 Å². The van der Waals surface area contributed by atoms with Crippen molar-refractivity contribution in [3.05, 3.63) is 24.3 Å². The van der Waals surface area contributed by atoms with Crippen LogP contribution in [0.2, 0.25) is 0 Å². The van der Waals surface area contributed by atoms with Gasteiger partial charge in [0.1, 0.15) is 6.10 Å². The van der Waals surface area contributed by atoms with E-state index in [1.807, 2.05) is 0 Å². The molecule has 0 aromatic rings. The van der Waals surface area contributed by atoms with Crippen LogP contribution in [0, 0.1) is 0 Å². The van der Waals surface area contributed by atoms with Gasteiger partial charge in [0.05, 0.1) is 0 Å². The number of allylic oxidation sites excluding steroid dienone is 4. The molecule has 0 saturated carbocycles. The highest BCUT2D eigenvalue weighted by Crippen LogP contribution is 2.12. The molecule has 0 spiro atoms. The fraction of sp³-hybridized carbons (Fsp3) is 0.706. The van der Waals surface area contributed by atoms with Gasteiger partial charge in [0.2, 0.25) is 0 Å². The molecule has 1 rings (SSSR count). The number of ketones is 1. The van der Waals surface area contributed by atoms with Crippen LogP contribution in [0.4, 0.5) is 0 Å². The summed E-state index contributed by atoms with van der Waals surface area (Å²) in [5.41, 5.74) is 0. The van der Waals surface area contributed by atoms with Gasteiger partial charge < -0.3 is 4.74 Å². The summed E-state index contributed by atoms with van der Waals surface area (Å²) < 4.78 is 5.79. The highest BCUT2D eigenvalue weighted by Gasteiger charge is 2.17. The molecule has 0 bridgehead atoms. The van der Waals surface area contributed by atoms with Gasteiger partial charge in [0.15, 0.2) is 5.78 Å². The molecule has 0 aliphatic heterocycles. The molecule has 0 saturated heterocycles. The van der Waals surface area contributed by atoms with Crippen LogP contribution in [0.3, 0.4) is 0 Å². The van der Waals surface area contributed by atoms with Crippen molar-refractivity contribution >= 4 is 5.78 Å². The molecular weight excluding hydrogens is 236 g/mol. The van der Waals surface area contributed by atoms with Crippen LogP contribution in [-0.4, -0.2) is 18.5 Å². The molecule has 2 nitrogen and oxygen atoms in total. The standard InChI is InChI=1S/C17H28O2/c1-2-3-12-15-19-17-14-11-9-7-5-4-6-8-10-13-16(17)18/h6-9,17H,2-5,10-15H2,1H3/b8-6-,9-7-. The maximum atomic E-state index is 12.1. The Kier molecular flexibility index (Phi) is 9.34. The second kappa shape index (κ2) is 11.0. The normalized spacial score (nSPS) is 25.3. The van der Waals surface area contributed by atoms with Gasteiger partial charge in [-0.1, -0.05) is 44.1 Å². The fourth-order valence-corrected chi connectivity index (χ4v) is 2.21. The number of rotatable bonds is 5. The molecule has 19 heavy (non-hydrogen) atoms. The minimum atomic E-state index is -0.186. The van der Waals surface area contributed by atoms with Gasteiger partial charge >= 0.3 is 0 Å². The van der Waals surface area contributed by atoms with Crippen molar-refractivity contribution in [2.45, 2.75) is 70.8 Å². The van der Waals surface area contributed by atoms with Gasteiger partial charge in [-0.05, 0) is 38.5 Å². The van der Waals surface area contributed by atoms with Crippen molar-refractivity contribution in [3.8, 4) is 0 Å². The number of carbonyl (C=O) groups excluding carboxylic acids is 1. The highest BCUT2D eigenvalue weighted by atomic mass is 16.5. The number of hydrogen-bond acceptors (Lipinski definition) is 2. The topological polar surface area (TPSA) is 26.3 Å². The fourth-order valence-electron chi connectivity index (χ4n) is 2.21. The van der Waals surface area contributed by atoms with Gasteiger partial charge in [-0.3, -0.25) is 4.79 Å². The Balaban J connectivity index is 2.41. The largest absolute Gasteiger partial charge is 0.370 e. The molecule has 0 aromatic heterocycles. The second-order valence-electron chi connectivity index (χ2n) is 5.17. The zero-order valence-electron chi connectivity index (χ0n) is 12.3. The number of unbranched alkanes of at least 4 members (excludes halogenated alkanes) is 2. The predicted molar refractivity (Wildman–Crippen MR) is 80.3 cm³/mol. The van der Waals surface area contributed by atoms with Crippen molar-refractivity contribution in [1.82, 2.24) is 0 Å². The molecule has 0 heterocycles. The summed E-state index contributed by atoms with van der Waals surface area (Å²) in [7, 11) is 0. The highest BCUT2D eigenvalue weighted by molar-refractivity contribution is 5.83. The molecule has 0 N–H and O–H groups in total. The van der Waals surface area contributed by atoms with E-state index in [9.17, 15) is 4.79 Å². The first kappa shape index (κ1) is 16.2. The van der Waals surface area contributed by atoms with Gasteiger partial charge in [-0.2, -0.15) is 0 Å². The quantitative estimate of drug-likeness (QED) is 0.536. The van der Waals surface area contributed by atoms with Crippen LogP contribution in [-0.2, 0) is 9.53 Å². The molecule has 0 aromatic carbocycles. The molecule has 1 aliphatic carbocycles. The zero-order chi connectivity index (χ0) is 13.8. The van der Waals surface area contributed by atoms with E-state index >= 15 is 0 Å². The van der Waals surface area contributed by atoms with Crippen LogP contribution in [0.25, 0.3) is 0 Å². The lowest BCUT2D eigenvalue weighted by Crippen LogP contribution is -2.24. The Labute approximate surface area is 117 Å². The smallest absolute Gasteiger partial charge is 0.161 e. The molecule has 0 amide bonds. The molecule has 0 fully saturated rings. The van der Waals surface area contributed by atoms with E-state index in [1.165, 1.54) is 12.8 Å². The van der Waals surface area contributed by atoms with E-state index in [2.05, 4.69) is 31.2 Å². The maximum absolute atomic E-state index is 12.1. The summed E-state index contributed by atoms with van der Waals surface area (Å²) in [5, 5.41) is 0. The third kappa shape index (κ3) is 7.99. The Morgan fingerprint density at radius 3 is 2.47 bits per heavy atom. The summed E-state index contributed by atoms with van der Waals surface area (Å²) in [4.78, 5) is 12.1. The summed E-state index contributed by atoms with van der Waals surface area (Å²) in [5.74, 6) is 0.273. The lowest BCUT2D eigenvalue weighted by molar-refractivity contribution is -0.131. The third-order valence-corrected chi connectivity index (χ3v) is 3.41. The van der Waals surface area contributed by atoms with E-state index in [1.54, 1.807) is 0 Å². The van der Waals surface area contributed by atoms with E-state index in [0.29, 0.717) is 6.42 Å². The summed E-state index contributed by atoms with van der Waals surface area (Å²) >= 11 is 0. The summed E-state index contributed by atoms with van der Waals surface area (Å²) in [6, 6.07) is 0. The van der Waals surface area contributed by atoms with Crippen molar-refractivity contribution in [2.24, 2.45) is 0 Å². The Hall–Kier alpha value is -0.890.